The molecule has 0 radical (unpaired) electrons. The first kappa shape index (κ1) is 27.8. The van der Waals surface area contributed by atoms with Crippen LogP contribution in [0.1, 0.15) is 24.0 Å². The molecule has 3 N–H and O–H groups in total. The van der Waals surface area contributed by atoms with Gasteiger partial charge < -0.3 is 20.3 Å². The third-order valence-electron chi connectivity index (χ3n) is 6.72. The third kappa shape index (κ3) is 6.40. The van der Waals surface area contributed by atoms with Crippen LogP contribution in [0.4, 0.5) is 38.1 Å². The number of nitrogens with zero attached hydrogens (tertiary/aromatic N) is 6. The number of aromatic nitrogens is 4. The zero-order valence-electron chi connectivity index (χ0n) is 20.0. The lowest BCUT2D eigenvalue weighted by atomic mass is 9.97. The number of anilines is 2. The monoisotopic (exact) mass is 548 g/mol. The molecule has 4 rings (SSSR count). The molecule has 10 nitrogen and oxygen atoms in total. The number of hydrogen-bond donors (Lipinski definition) is 2. The lowest BCUT2D eigenvalue weighted by Gasteiger charge is -2.36. The van der Waals surface area contributed by atoms with Crippen LogP contribution in [-0.2, 0) is 17.1 Å². The molecule has 0 aliphatic carbocycles. The number of aldehydes is 1. The number of alkyl halides is 6. The van der Waals surface area contributed by atoms with Gasteiger partial charge in [0.1, 0.15) is 17.7 Å². The molecule has 16 heteroatoms. The first-order chi connectivity index (χ1) is 17.8. The van der Waals surface area contributed by atoms with E-state index in [0.717, 1.165) is 18.7 Å². The summed E-state index contributed by atoms with van der Waals surface area (Å²) in [6.45, 7) is 2.52. The van der Waals surface area contributed by atoms with Gasteiger partial charge in [0.2, 0.25) is 5.95 Å². The molecule has 2 aliphatic heterocycles. The van der Waals surface area contributed by atoms with Crippen molar-refractivity contribution in [3.05, 3.63) is 39.9 Å². The van der Waals surface area contributed by atoms with Crippen molar-refractivity contribution in [1.82, 2.24) is 25.1 Å². The molecule has 2 saturated heterocycles. The normalized spacial score (nSPS) is 22.1. The Labute approximate surface area is 212 Å². The number of nitrogens with one attached hydrogen (secondary N) is 1. The van der Waals surface area contributed by atoms with Gasteiger partial charge in [-0.15, -0.1) is 0 Å². The van der Waals surface area contributed by atoms with Crippen molar-refractivity contribution in [3.8, 4) is 0 Å². The maximum atomic E-state index is 13.2. The molecule has 0 aromatic carbocycles. The van der Waals surface area contributed by atoms with Crippen molar-refractivity contribution >= 4 is 18.1 Å². The van der Waals surface area contributed by atoms with Gasteiger partial charge in [-0.3, -0.25) is 9.69 Å². The number of piperazine rings is 1. The minimum atomic E-state index is -4.85. The Balaban J connectivity index is 1.36. The van der Waals surface area contributed by atoms with E-state index in [0.29, 0.717) is 51.6 Å². The van der Waals surface area contributed by atoms with E-state index in [4.69, 9.17) is 5.73 Å². The van der Waals surface area contributed by atoms with Crippen LogP contribution in [0.3, 0.4) is 0 Å². The zero-order valence-corrected chi connectivity index (χ0v) is 20.0. The van der Waals surface area contributed by atoms with E-state index < -0.39 is 35.0 Å². The molecule has 2 aromatic rings. The summed E-state index contributed by atoms with van der Waals surface area (Å²) in [6.07, 6.45) is -6.33. The fourth-order valence-electron chi connectivity index (χ4n) is 4.83. The predicted molar refractivity (Wildman–Crippen MR) is 123 cm³/mol. The largest absolute Gasteiger partial charge is 0.421 e. The lowest BCUT2D eigenvalue weighted by molar-refractivity contribution is -0.139. The summed E-state index contributed by atoms with van der Waals surface area (Å²) in [5.74, 6) is -0.331. The number of carbonyl (C=O) groups excluding carboxylic acids is 1. The van der Waals surface area contributed by atoms with Crippen LogP contribution < -0.4 is 21.1 Å². The fourth-order valence-corrected chi connectivity index (χ4v) is 4.83. The smallest absolute Gasteiger partial charge is 0.351 e. The van der Waals surface area contributed by atoms with Crippen molar-refractivity contribution in [1.29, 1.82) is 0 Å². The quantitative estimate of drug-likeness (QED) is 0.392. The number of nitrogens with two attached hydrogens (primary N) is 1. The van der Waals surface area contributed by atoms with Crippen LogP contribution in [0, 0.1) is 5.92 Å². The van der Waals surface area contributed by atoms with Gasteiger partial charge in [0.05, 0.1) is 5.56 Å². The highest BCUT2D eigenvalue weighted by Gasteiger charge is 2.38. The summed E-state index contributed by atoms with van der Waals surface area (Å²) in [7, 11) is 0. The van der Waals surface area contributed by atoms with Gasteiger partial charge in [-0.1, -0.05) is 0 Å². The van der Waals surface area contributed by atoms with Crippen molar-refractivity contribution in [2.45, 2.75) is 37.3 Å². The number of H-pyrrole nitrogens is 1. The van der Waals surface area contributed by atoms with Crippen molar-refractivity contribution in [2.75, 3.05) is 49.1 Å². The highest BCUT2D eigenvalue weighted by atomic mass is 19.4. The number of rotatable bonds is 7. The molecular weight excluding hydrogens is 522 g/mol. The average molecular weight is 548 g/mol. The molecule has 1 unspecified atom stereocenters. The highest BCUT2D eigenvalue weighted by molar-refractivity contribution is 5.54. The minimum Gasteiger partial charge on any atom is -0.351 e. The number of carbonyl (C=O) groups is 1. The number of aromatic amines is 1. The molecule has 38 heavy (non-hydrogen) atoms. The van der Waals surface area contributed by atoms with Crippen LogP contribution in [-0.4, -0.2) is 82.7 Å². The van der Waals surface area contributed by atoms with Crippen LogP contribution in [0.15, 0.2) is 23.3 Å². The summed E-state index contributed by atoms with van der Waals surface area (Å²) in [6, 6.07) is -0.00772. The van der Waals surface area contributed by atoms with Crippen LogP contribution in [0.25, 0.3) is 0 Å². The van der Waals surface area contributed by atoms with E-state index in [2.05, 4.69) is 15.1 Å². The summed E-state index contributed by atoms with van der Waals surface area (Å²) >= 11 is 0. The first-order valence-corrected chi connectivity index (χ1v) is 11.9. The van der Waals surface area contributed by atoms with E-state index in [9.17, 15) is 35.9 Å². The van der Waals surface area contributed by atoms with Gasteiger partial charge in [-0.05, 0) is 12.8 Å². The molecule has 208 valence electrons. The number of hydrogen-bond acceptors (Lipinski definition) is 9. The Morgan fingerprint density at radius 1 is 1.08 bits per heavy atom. The Morgan fingerprint density at radius 3 is 2.32 bits per heavy atom. The molecule has 2 fully saturated rings. The molecular formula is C22H26F6N8O2. The first-order valence-electron chi connectivity index (χ1n) is 11.9. The van der Waals surface area contributed by atoms with Gasteiger partial charge in [0, 0.05) is 75.7 Å². The summed E-state index contributed by atoms with van der Waals surface area (Å²) < 4.78 is 77.9. The van der Waals surface area contributed by atoms with Crippen molar-refractivity contribution in [2.24, 2.45) is 11.7 Å². The van der Waals surface area contributed by atoms with Gasteiger partial charge in [-0.25, -0.2) is 15.1 Å². The van der Waals surface area contributed by atoms with E-state index in [1.807, 2.05) is 10.00 Å². The second-order valence-corrected chi connectivity index (χ2v) is 9.46. The second-order valence-electron chi connectivity index (χ2n) is 9.46. The SMILES string of the molecule is N[C@@H]1C[C@@H](CC(C=O)CN2CCN(c3ncc(C(F)(F)F)cn3)CC2)N(c2cc(C(F)(F)F)c(=O)[nH]n2)C1. The molecule has 0 spiro atoms. The van der Waals surface area contributed by atoms with E-state index in [-0.39, 0.29) is 30.4 Å². The van der Waals surface area contributed by atoms with E-state index in [1.165, 1.54) is 0 Å². The molecule has 0 bridgehead atoms. The van der Waals surface area contributed by atoms with Crippen LogP contribution in [0.2, 0.25) is 0 Å². The second kappa shape index (κ2) is 10.8. The maximum Gasteiger partial charge on any atom is 0.421 e. The predicted octanol–water partition coefficient (Wildman–Crippen LogP) is 1.53. The summed E-state index contributed by atoms with van der Waals surface area (Å²) in [5, 5.41) is 5.67. The highest BCUT2D eigenvalue weighted by Crippen LogP contribution is 2.32. The molecule has 2 aliphatic rings. The Morgan fingerprint density at radius 2 is 1.74 bits per heavy atom. The average Bonchev–Trinajstić information content (AvgIpc) is 3.23. The molecule has 4 heterocycles. The van der Waals surface area contributed by atoms with Gasteiger partial charge in [0.15, 0.2) is 0 Å². The Hall–Kier alpha value is -3.27. The fraction of sp³-hybridized carbons (Fsp3) is 0.591. The lowest BCUT2D eigenvalue weighted by Crippen LogP contribution is -2.49. The van der Waals surface area contributed by atoms with E-state index in [1.54, 1.807) is 9.80 Å². The zero-order chi connectivity index (χ0) is 27.7. The van der Waals surface area contributed by atoms with Gasteiger partial charge >= 0.3 is 12.4 Å². The summed E-state index contributed by atoms with van der Waals surface area (Å²) in [4.78, 5) is 36.5. The Bertz CT molecular complexity index is 1160. The minimum absolute atomic E-state index is 0.0651. The van der Waals surface area contributed by atoms with Crippen molar-refractivity contribution < 1.29 is 31.1 Å². The summed E-state index contributed by atoms with van der Waals surface area (Å²) in [5.41, 5.74) is 2.44. The molecule has 2 aromatic heterocycles. The third-order valence-corrected chi connectivity index (χ3v) is 6.72. The Kier molecular flexibility index (Phi) is 7.92. The topological polar surface area (TPSA) is 124 Å². The molecule has 3 atom stereocenters. The van der Waals surface area contributed by atoms with Crippen LogP contribution in [0.5, 0.6) is 0 Å². The maximum absolute atomic E-state index is 13.2. The van der Waals surface area contributed by atoms with Gasteiger partial charge in [-0.2, -0.15) is 31.4 Å². The molecule has 0 saturated carbocycles. The standard InChI is InChI=1S/C22H26F6N8O2/c23-21(24,25)14-8-30-20(31-9-14)35-3-1-34(2-4-35)10-13(12-37)5-16-6-15(29)11-36(16)18-7-17(22(26,27)28)19(38)33-32-18/h7-9,12-13,15-16H,1-6,10-11,29H2,(H,33,38)/t13?,15-,16-/m1/s1. The number of halogens is 6. The van der Waals surface area contributed by atoms with E-state index >= 15 is 0 Å². The van der Waals surface area contributed by atoms with Gasteiger partial charge in [0.25, 0.3) is 5.56 Å². The van der Waals surface area contributed by atoms with Crippen molar-refractivity contribution in [3.63, 3.8) is 0 Å². The van der Waals surface area contributed by atoms with Crippen LogP contribution >= 0.6 is 0 Å². The molecule has 0 amide bonds.